The van der Waals surface area contributed by atoms with Crippen molar-refractivity contribution in [2.75, 3.05) is 0 Å². The first-order chi connectivity index (χ1) is 16.8. The summed E-state index contributed by atoms with van der Waals surface area (Å²) in [5.74, 6) is 1.14. The van der Waals surface area contributed by atoms with Gasteiger partial charge in [0.05, 0.1) is 0 Å². The maximum atomic E-state index is 3.45. The Morgan fingerprint density at radius 1 is 0.543 bits per heavy atom. The standard InChI is InChI=1S/2C17H17.Hf/c2*1-2-3-8-13-14-9-4-6-11-16(14)17-12-7-5-10-15(13)17;/h2*4-7,9,11-13H,2-3,8H2,1H3;/q2*-1;. The normalized spacial score (nSPS) is 16.2. The number of fused-ring (bicyclic) bond motifs is 6. The van der Waals surface area contributed by atoms with Crippen molar-refractivity contribution in [3.05, 3.63) is 119 Å². The van der Waals surface area contributed by atoms with Gasteiger partial charge in [0.2, 0.25) is 0 Å². The third kappa shape index (κ3) is 5.17. The summed E-state index contributed by atoms with van der Waals surface area (Å²) < 4.78 is 0. The van der Waals surface area contributed by atoms with Gasteiger partial charge in [0.25, 0.3) is 0 Å². The van der Waals surface area contributed by atoms with Crippen LogP contribution in [0, 0.1) is 12.1 Å². The minimum atomic E-state index is 0. The van der Waals surface area contributed by atoms with Crippen LogP contribution in [-0.4, -0.2) is 0 Å². The molecule has 35 heavy (non-hydrogen) atoms. The predicted octanol–water partition coefficient (Wildman–Crippen LogP) is 9.58. The van der Waals surface area contributed by atoms with Crippen LogP contribution < -0.4 is 0 Å². The summed E-state index contributed by atoms with van der Waals surface area (Å²) >= 11 is 0. The fourth-order valence-corrected chi connectivity index (χ4v) is 5.77. The zero-order valence-corrected chi connectivity index (χ0v) is 24.6. The van der Waals surface area contributed by atoms with E-state index in [-0.39, 0.29) is 25.8 Å². The molecule has 0 radical (unpaired) electrons. The van der Waals surface area contributed by atoms with Gasteiger partial charge in [-0.1, -0.05) is 99.2 Å². The number of hydrogen-bond donors (Lipinski definition) is 0. The Morgan fingerprint density at radius 2 is 0.943 bits per heavy atom. The smallest absolute Gasteiger partial charge is 0 e. The molecule has 6 rings (SSSR count). The van der Waals surface area contributed by atoms with E-state index in [9.17, 15) is 0 Å². The zero-order chi connectivity index (χ0) is 23.3. The average molecular weight is 621 g/mol. The molecule has 0 amide bonds. The van der Waals surface area contributed by atoms with E-state index in [0.29, 0.717) is 11.8 Å². The van der Waals surface area contributed by atoms with E-state index in [4.69, 9.17) is 0 Å². The summed E-state index contributed by atoms with van der Waals surface area (Å²) in [4.78, 5) is 0. The van der Waals surface area contributed by atoms with Gasteiger partial charge in [-0.25, -0.2) is 0 Å². The van der Waals surface area contributed by atoms with Gasteiger partial charge in [0, 0.05) is 25.8 Å². The quantitative estimate of drug-likeness (QED) is 0.149. The van der Waals surface area contributed by atoms with Gasteiger partial charge in [-0.3, -0.25) is 0 Å². The Labute approximate surface area is 230 Å². The van der Waals surface area contributed by atoms with Gasteiger partial charge < -0.3 is 0 Å². The van der Waals surface area contributed by atoms with Gasteiger partial charge >= 0.3 is 0 Å². The number of unbranched alkanes of at least 4 members (excludes halogenated alkanes) is 2. The van der Waals surface area contributed by atoms with Crippen LogP contribution in [-0.2, 0) is 25.8 Å². The van der Waals surface area contributed by atoms with Crippen molar-refractivity contribution in [3.63, 3.8) is 0 Å². The van der Waals surface area contributed by atoms with E-state index in [1.807, 2.05) is 12.1 Å². The largest absolute Gasteiger partial charge is 0.179 e. The summed E-state index contributed by atoms with van der Waals surface area (Å²) in [6, 6.07) is 37.3. The molecule has 4 aromatic rings. The van der Waals surface area contributed by atoms with Crippen LogP contribution in [0.4, 0.5) is 0 Å². The Morgan fingerprint density at radius 3 is 1.37 bits per heavy atom. The molecule has 2 aliphatic carbocycles. The molecule has 1 heteroatoms. The molecule has 0 N–H and O–H groups in total. The summed E-state index contributed by atoms with van der Waals surface area (Å²) in [7, 11) is 0. The van der Waals surface area contributed by atoms with Gasteiger partial charge in [-0.15, -0.1) is 22.3 Å². The van der Waals surface area contributed by atoms with Crippen molar-refractivity contribution in [1.82, 2.24) is 0 Å². The van der Waals surface area contributed by atoms with E-state index in [1.165, 1.54) is 83.0 Å². The van der Waals surface area contributed by atoms with E-state index in [2.05, 4.69) is 98.8 Å². The molecule has 0 aromatic heterocycles. The van der Waals surface area contributed by atoms with Crippen LogP contribution in [0.5, 0.6) is 0 Å². The molecule has 0 nitrogen and oxygen atoms in total. The molecule has 2 unspecified atom stereocenters. The Hall–Kier alpha value is -2.25. The van der Waals surface area contributed by atoms with Gasteiger partial charge in [-0.05, 0) is 35.8 Å². The molecular formula is C34H34Hf-2. The van der Waals surface area contributed by atoms with Crippen LogP contribution in [0.25, 0.3) is 22.3 Å². The number of hydrogen-bond acceptors (Lipinski definition) is 0. The monoisotopic (exact) mass is 622 g/mol. The Balaban J connectivity index is 0.000000160. The first kappa shape index (κ1) is 25.8. The van der Waals surface area contributed by atoms with Crippen molar-refractivity contribution in [2.24, 2.45) is 0 Å². The Kier molecular flexibility index (Phi) is 8.95. The second-order valence-electron chi connectivity index (χ2n) is 9.56. The molecule has 0 bridgehead atoms. The molecule has 0 fully saturated rings. The molecule has 0 saturated carbocycles. The predicted molar refractivity (Wildman–Crippen MR) is 144 cm³/mol. The van der Waals surface area contributed by atoms with Crippen molar-refractivity contribution >= 4 is 0 Å². The van der Waals surface area contributed by atoms with E-state index < -0.39 is 0 Å². The van der Waals surface area contributed by atoms with Crippen molar-refractivity contribution in [3.8, 4) is 22.3 Å². The molecule has 0 spiro atoms. The zero-order valence-electron chi connectivity index (χ0n) is 21.0. The fourth-order valence-electron chi connectivity index (χ4n) is 5.77. The minimum absolute atomic E-state index is 0. The van der Waals surface area contributed by atoms with Gasteiger partial charge in [-0.2, -0.15) is 48.5 Å². The molecule has 4 aromatic carbocycles. The summed E-state index contributed by atoms with van der Waals surface area (Å²) in [6.45, 7) is 4.52. The molecule has 2 atom stereocenters. The summed E-state index contributed by atoms with van der Waals surface area (Å²) in [6.07, 6.45) is 7.62. The second kappa shape index (κ2) is 12.1. The molecule has 0 heterocycles. The first-order valence-corrected chi connectivity index (χ1v) is 13.0. The molecule has 2 aliphatic rings. The van der Waals surface area contributed by atoms with E-state index >= 15 is 0 Å². The van der Waals surface area contributed by atoms with Crippen molar-refractivity contribution in [2.45, 2.75) is 64.2 Å². The summed E-state index contributed by atoms with van der Waals surface area (Å²) in [5, 5.41) is 0. The Bertz CT molecular complexity index is 1060. The molecular weight excluding hydrogens is 587 g/mol. The topological polar surface area (TPSA) is 0 Å². The first-order valence-electron chi connectivity index (χ1n) is 13.0. The van der Waals surface area contributed by atoms with E-state index in [1.54, 1.807) is 0 Å². The van der Waals surface area contributed by atoms with Crippen molar-refractivity contribution < 1.29 is 25.8 Å². The number of rotatable bonds is 6. The van der Waals surface area contributed by atoms with Crippen LogP contribution in [0.15, 0.2) is 84.9 Å². The van der Waals surface area contributed by atoms with Crippen LogP contribution >= 0.6 is 0 Å². The molecule has 176 valence electrons. The SMILES string of the molecule is CCCCC1c2[c-]cccc2-c2ccccc21.CCCCC1c2[c-]cccc2-c2ccccc21.[Hf]. The number of benzene rings is 4. The fraction of sp³-hybridized carbons (Fsp3) is 0.294. The molecule has 0 saturated heterocycles. The van der Waals surface area contributed by atoms with Gasteiger partial charge in [0.15, 0.2) is 0 Å². The second-order valence-corrected chi connectivity index (χ2v) is 9.56. The minimum Gasteiger partial charge on any atom is -0.179 e. The van der Waals surface area contributed by atoms with Crippen LogP contribution in [0.1, 0.15) is 86.5 Å². The third-order valence-electron chi connectivity index (χ3n) is 7.42. The maximum absolute atomic E-state index is 3.45. The van der Waals surface area contributed by atoms with Crippen LogP contribution in [0.3, 0.4) is 0 Å². The third-order valence-corrected chi connectivity index (χ3v) is 7.42. The maximum Gasteiger partial charge on any atom is 0 e. The average Bonchev–Trinajstić information content (AvgIpc) is 3.39. The van der Waals surface area contributed by atoms with Crippen LogP contribution in [0.2, 0.25) is 0 Å². The van der Waals surface area contributed by atoms with E-state index in [0.717, 1.165) is 0 Å². The molecule has 0 aliphatic heterocycles. The summed E-state index contributed by atoms with van der Waals surface area (Å²) in [5.41, 5.74) is 11.4. The van der Waals surface area contributed by atoms with Crippen molar-refractivity contribution in [1.29, 1.82) is 0 Å². The van der Waals surface area contributed by atoms with Gasteiger partial charge in [0.1, 0.15) is 0 Å².